The van der Waals surface area contributed by atoms with Crippen LogP contribution in [0.4, 0.5) is 0 Å². The Balaban J connectivity index is 2.70. The van der Waals surface area contributed by atoms with E-state index in [1.807, 2.05) is 19.1 Å². The second kappa shape index (κ2) is 4.30. The van der Waals surface area contributed by atoms with Gasteiger partial charge in [0.15, 0.2) is 0 Å². The summed E-state index contributed by atoms with van der Waals surface area (Å²) in [6.07, 6.45) is 0.611. The lowest BCUT2D eigenvalue weighted by Gasteiger charge is -2.05. The summed E-state index contributed by atoms with van der Waals surface area (Å²) in [5.41, 5.74) is 4.04. The molecule has 84 valence electrons. The number of pyridine rings is 1. The molecule has 0 fully saturated rings. The average Bonchev–Trinajstić information content (AvgIpc) is 2.23. The number of halogens is 1. The van der Waals surface area contributed by atoms with Crippen molar-refractivity contribution in [2.45, 2.75) is 20.3 Å². The van der Waals surface area contributed by atoms with Gasteiger partial charge >= 0.3 is 0 Å². The van der Waals surface area contributed by atoms with Crippen LogP contribution in [0.25, 0.3) is 10.9 Å². The Morgan fingerprint density at radius 3 is 2.56 bits per heavy atom. The Bertz CT molecular complexity index is 586. The van der Waals surface area contributed by atoms with Gasteiger partial charge in [0.25, 0.3) is 5.56 Å². The molecule has 0 radical (unpaired) electrons. The SMILES string of the molecule is Cc1cc2cc(CCCl)c(=O)[nH]c2cc1C. The summed E-state index contributed by atoms with van der Waals surface area (Å²) >= 11 is 5.66. The molecule has 2 nitrogen and oxygen atoms in total. The maximum absolute atomic E-state index is 11.7. The minimum Gasteiger partial charge on any atom is -0.322 e. The summed E-state index contributed by atoms with van der Waals surface area (Å²) in [6, 6.07) is 6.04. The largest absolute Gasteiger partial charge is 0.322 e. The van der Waals surface area contributed by atoms with Gasteiger partial charge < -0.3 is 4.98 Å². The van der Waals surface area contributed by atoms with Crippen LogP contribution >= 0.6 is 11.6 Å². The van der Waals surface area contributed by atoms with Crippen molar-refractivity contribution in [2.24, 2.45) is 0 Å². The Hall–Kier alpha value is -1.28. The molecule has 0 spiro atoms. The molecule has 0 atom stereocenters. The molecular weight excluding hydrogens is 222 g/mol. The van der Waals surface area contributed by atoms with Gasteiger partial charge in [0.05, 0.1) is 0 Å². The Labute approximate surface area is 99.3 Å². The molecule has 2 aromatic rings. The highest BCUT2D eigenvalue weighted by atomic mass is 35.5. The van der Waals surface area contributed by atoms with Gasteiger partial charge in [-0.25, -0.2) is 0 Å². The van der Waals surface area contributed by atoms with E-state index >= 15 is 0 Å². The van der Waals surface area contributed by atoms with Gasteiger partial charge in [0, 0.05) is 17.0 Å². The number of alkyl halides is 1. The fourth-order valence-electron chi connectivity index (χ4n) is 1.81. The minimum atomic E-state index is -0.0311. The van der Waals surface area contributed by atoms with E-state index in [-0.39, 0.29) is 5.56 Å². The fourth-order valence-corrected chi connectivity index (χ4v) is 2.01. The van der Waals surface area contributed by atoms with Crippen molar-refractivity contribution in [1.29, 1.82) is 0 Å². The number of aromatic amines is 1. The summed E-state index contributed by atoms with van der Waals surface area (Å²) in [7, 11) is 0. The lowest BCUT2D eigenvalue weighted by molar-refractivity contribution is 1.09. The molecule has 1 aromatic carbocycles. The predicted octanol–water partition coefficient (Wildman–Crippen LogP) is 2.93. The van der Waals surface area contributed by atoms with Gasteiger partial charge in [-0.3, -0.25) is 4.79 Å². The maximum Gasteiger partial charge on any atom is 0.251 e. The Morgan fingerprint density at radius 1 is 1.19 bits per heavy atom. The van der Waals surface area contributed by atoms with Crippen molar-refractivity contribution in [2.75, 3.05) is 5.88 Å². The van der Waals surface area contributed by atoms with Crippen molar-refractivity contribution < 1.29 is 0 Å². The Kier molecular flexibility index (Phi) is 3.01. The highest BCUT2D eigenvalue weighted by molar-refractivity contribution is 6.18. The van der Waals surface area contributed by atoms with Crippen molar-refractivity contribution in [1.82, 2.24) is 4.98 Å². The predicted molar refractivity (Wildman–Crippen MR) is 68.5 cm³/mol. The normalized spacial score (nSPS) is 10.9. The van der Waals surface area contributed by atoms with E-state index in [4.69, 9.17) is 11.6 Å². The van der Waals surface area contributed by atoms with E-state index in [1.165, 1.54) is 11.1 Å². The molecule has 3 heteroatoms. The summed E-state index contributed by atoms with van der Waals surface area (Å²) in [4.78, 5) is 14.6. The molecule has 0 aliphatic rings. The van der Waals surface area contributed by atoms with Crippen molar-refractivity contribution in [3.63, 3.8) is 0 Å². The zero-order chi connectivity index (χ0) is 11.7. The van der Waals surface area contributed by atoms with Gasteiger partial charge in [-0.05, 0) is 55.0 Å². The minimum absolute atomic E-state index is 0.0311. The summed E-state index contributed by atoms with van der Waals surface area (Å²) in [5, 5.41) is 1.07. The van der Waals surface area contributed by atoms with Crippen LogP contribution < -0.4 is 5.56 Å². The first-order valence-electron chi connectivity index (χ1n) is 5.31. The van der Waals surface area contributed by atoms with Crippen molar-refractivity contribution in [3.05, 3.63) is 45.2 Å². The fraction of sp³-hybridized carbons (Fsp3) is 0.308. The van der Waals surface area contributed by atoms with Crippen molar-refractivity contribution in [3.8, 4) is 0 Å². The van der Waals surface area contributed by atoms with Gasteiger partial charge in [0.1, 0.15) is 0 Å². The molecule has 0 aliphatic heterocycles. The van der Waals surface area contributed by atoms with E-state index < -0.39 is 0 Å². The van der Waals surface area contributed by atoms with E-state index in [0.29, 0.717) is 12.3 Å². The van der Waals surface area contributed by atoms with Crippen LogP contribution in [0, 0.1) is 13.8 Å². The van der Waals surface area contributed by atoms with Crippen LogP contribution in [-0.2, 0) is 6.42 Å². The third-order valence-electron chi connectivity index (χ3n) is 2.90. The molecule has 0 saturated carbocycles. The number of benzene rings is 1. The highest BCUT2D eigenvalue weighted by Gasteiger charge is 2.03. The standard InChI is InChI=1S/C13H14ClNO/c1-8-5-11-7-10(3-4-14)13(16)15-12(11)6-9(8)2/h5-7H,3-4H2,1-2H3,(H,15,16). The smallest absolute Gasteiger partial charge is 0.251 e. The first-order chi connectivity index (χ1) is 7.61. The lowest BCUT2D eigenvalue weighted by Crippen LogP contribution is -2.12. The Morgan fingerprint density at radius 2 is 1.88 bits per heavy atom. The second-order valence-electron chi connectivity index (χ2n) is 4.09. The van der Waals surface area contributed by atoms with Crippen LogP contribution in [0.15, 0.2) is 23.0 Å². The molecule has 1 aromatic heterocycles. The number of aryl methyl sites for hydroxylation is 3. The molecule has 16 heavy (non-hydrogen) atoms. The van der Waals surface area contributed by atoms with Crippen LogP contribution in [0.1, 0.15) is 16.7 Å². The maximum atomic E-state index is 11.7. The molecule has 0 aliphatic carbocycles. The topological polar surface area (TPSA) is 32.9 Å². The monoisotopic (exact) mass is 235 g/mol. The zero-order valence-corrected chi connectivity index (χ0v) is 10.2. The number of hydrogen-bond donors (Lipinski definition) is 1. The van der Waals surface area contributed by atoms with E-state index in [0.717, 1.165) is 16.5 Å². The number of aromatic nitrogens is 1. The summed E-state index contributed by atoms with van der Waals surface area (Å²) < 4.78 is 0. The van der Waals surface area contributed by atoms with E-state index in [9.17, 15) is 4.79 Å². The van der Waals surface area contributed by atoms with Gasteiger partial charge in [0.2, 0.25) is 0 Å². The molecule has 1 N–H and O–H groups in total. The number of H-pyrrole nitrogens is 1. The number of fused-ring (bicyclic) bond motifs is 1. The van der Waals surface area contributed by atoms with Crippen LogP contribution in [-0.4, -0.2) is 10.9 Å². The molecule has 2 rings (SSSR count). The van der Waals surface area contributed by atoms with Crippen molar-refractivity contribution >= 4 is 22.5 Å². The number of rotatable bonds is 2. The molecule has 0 saturated heterocycles. The third-order valence-corrected chi connectivity index (χ3v) is 3.09. The molecular formula is C13H14ClNO. The highest BCUT2D eigenvalue weighted by Crippen LogP contribution is 2.17. The lowest BCUT2D eigenvalue weighted by atomic mass is 10.0. The quantitative estimate of drug-likeness (QED) is 0.798. The second-order valence-corrected chi connectivity index (χ2v) is 4.46. The molecule has 1 heterocycles. The molecule has 0 bridgehead atoms. The summed E-state index contributed by atoms with van der Waals surface area (Å²) in [5.74, 6) is 0.472. The van der Waals surface area contributed by atoms with Crippen LogP contribution in [0.5, 0.6) is 0 Å². The molecule has 0 amide bonds. The first-order valence-corrected chi connectivity index (χ1v) is 5.84. The zero-order valence-electron chi connectivity index (χ0n) is 9.43. The van der Waals surface area contributed by atoms with E-state index in [2.05, 4.69) is 18.0 Å². The van der Waals surface area contributed by atoms with Crippen LogP contribution in [0.2, 0.25) is 0 Å². The third kappa shape index (κ3) is 1.98. The van der Waals surface area contributed by atoms with E-state index in [1.54, 1.807) is 0 Å². The number of hydrogen-bond acceptors (Lipinski definition) is 1. The average molecular weight is 236 g/mol. The van der Waals surface area contributed by atoms with Gasteiger partial charge in [-0.15, -0.1) is 11.6 Å². The first kappa shape index (κ1) is 11.2. The van der Waals surface area contributed by atoms with Gasteiger partial charge in [-0.2, -0.15) is 0 Å². The van der Waals surface area contributed by atoms with Gasteiger partial charge in [-0.1, -0.05) is 0 Å². The van der Waals surface area contributed by atoms with Crippen LogP contribution in [0.3, 0.4) is 0 Å². The molecule has 0 unspecified atom stereocenters. The summed E-state index contributed by atoms with van der Waals surface area (Å²) in [6.45, 7) is 4.11. The number of nitrogens with one attached hydrogen (secondary N) is 1.